The Morgan fingerprint density at radius 2 is 0.841 bits per heavy atom. The zero-order valence-electron chi connectivity index (χ0n) is 48.2. The molecule has 0 amide bonds. The molecule has 1 fully saturated rings. The summed E-state index contributed by atoms with van der Waals surface area (Å²) in [5.41, 5.74) is 1.34. The second-order valence-corrected chi connectivity index (χ2v) is 28.7. The van der Waals surface area contributed by atoms with Gasteiger partial charge in [0.15, 0.2) is 0 Å². The average Bonchev–Trinajstić information content (AvgIpc) is 3.11. The van der Waals surface area contributed by atoms with Crippen LogP contribution in [0.25, 0.3) is 0 Å². The first-order valence-electron chi connectivity index (χ1n) is 25.5. The number of hydrogen-bond donors (Lipinski definition) is 0. The van der Waals surface area contributed by atoms with Crippen LogP contribution in [-0.4, -0.2) is 131 Å². The van der Waals surface area contributed by atoms with Gasteiger partial charge in [-0.25, -0.2) is 0 Å². The quantitative estimate of drug-likeness (QED) is 0.105. The molecule has 0 aromatic carbocycles. The maximum Gasteiger partial charge on any atom is 0.149 e. The molecule has 8 nitrogen and oxygen atoms in total. The lowest BCUT2D eigenvalue weighted by Crippen LogP contribution is -2.52. The van der Waals surface area contributed by atoms with Crippen molar-refractivity contribution in [2.75, 3.05) is 66.7 Å². The third kappa shape index (κ3) is 50.6. The van der Waals surface area contributed by atoms with E-state index in [0.717, 1.165) is 43.8 Å². The Bertz CT molecular complexity index is 928. The van der Waals surface area contributed by atoms with Crippen molar-refractivity contribution in [2.24, 2.45) is 35.5 Å². The van der Waals surface area contributed by atoms with E-state index < -0.39 is 8.07 Å². The van der Waals surface area contributed by atoms with Gasteiger partial charge in [0.05, 0.1) is 33.4 Å². The van der Waals surface area contributed by atoms with E-state index in [0.29, 0.717) is 66.3 Å². The highest BCUT2D eigenvalue weighted by Crippen LogP contribution is 2.34. The van der Waals surface area contributed by atoms with E-state index in [2.05, 4.69) is 167 Å². The van der Waals surface area contributed by atoms with E-state index in [1.165, 1.54) is 38.0 Å². The molecule has 1 aliphatic rings. The van der Waals surface area contributed by atoms with Gasteiger partial charge < -0.3 is 14.2 Å². The van der Waals surface area contributed by atoms with Crippen molar-refractivity contribution < 1.29 is 23.8 Å². The molecular weight excluding hydrogens is 799 g/mol. The Balaban J connectivity index is -0.000000216. The molecule has 0 unspecified atom stereocenters. The Morgan fingerprint density at radius 3 is 1.03 bits per heavy atom. The van der Waals surface area contributed by atoms with Crippen molar-refractivity contribution in [1.82, 2.24) is 14.7 Å². The van der Waals surface area contributed by atoms with Crippen LogP contribution in [0.15, 0.2) is 0 Å². The molecule has 0 aromatic rings. The fourth-order valence-electron chi connectivity index (χ4n) is 5.11. The minimum absolute atomic E-state index is 0.163. The third-order valence-corrected chi connectivity index (χ3v) is 16.8. The molecule has 1 aliphatic heterocycles. The number of nitrogens with zero attached hydrogens (tertiary/aromatic N) is 3. The molecule has 0 bridgehead atoms. The van der Waals surface area contributed by atoms with Crippen molar-refractivity contribution >= 4 is 19.6 Å². The van der Waals surface area contributed by atoms with Gasteiger partial charge in [-0.1, -0.05) is 109 Å². The molecule has 0 radical (unpaired) electrons. The largest absolute Gasteiger partial charge is 0.381 e. The lowest BCUT2D eigenvalue weighted by molar-refractivity contribution is -0.123. The molecular formula is C54H119N3O5Si. The lowest BCUT2D eigenvalue weighted by Gasteiger charge is -2.46. The van der Waals surface area contributed by atoms with Gasteiger partial charge >= 0.3 is 0 Å². The molecule has 1 saturated heterocycles. The van der Waals surface area contributed by atoms with Crippen molar-refractivity contribution in [3.05, 3.63) is 0 Å². The number of ketones is 2. The number of rotatable bonds is 21. The van der Waals surface area contributed by atoms with Crippen LogP contribution < -0.4 is 0 Å². The molecule has 1 rings (SSSR count). The molecule has 384 valence electrons. The van der Waals surface area contributed by atoms with E-state index in [1.54, 1.807) is 0 Å². The first-order valence-corrected chi connectivity index (χ1v) is 28.5. The molecule has 63 heavy (non-hydrogen) atoms. The lowest BCUT2D eigenvalue weighted by atomic mass is 10.1. The maximum absolute atomic E-state index is 11.2. The summed E-state index contributed by atoms with van der Waals surface area (Å²) in [6.07, 6.45) is 3.14. The van der Waals surface area contributed by atoms with Gasteiger partial charge in [0, 0.05) is 55.9 Å². The van der Waals surface area contributed by atoms with Crippen molar-refractivity contribution in [3.63, 3.8) is 0 Å². The molecule has 0 spiro atoms. The summed E-state index contributed by atoms with van der Waals surface area (Å²) in [6.45, 7) is 63.9. The summed E-state index contributed by atoms with van der Waals surface area (Å²) in [5, 5.41) is 0. The van der Waals surface area contributed by atoms with Crippen LogP contribution in [0.1, 0.15) is 186 Å². The molecule has 0 aliphatic carbocycles. The van der Waals surface area contributed by atoms with Crippen molar-refractivity contribution in [1.29, 1.82) is 0 Å². The molecule has 0 N–H and O–H groups in total. The summed E-state index contributed by atoms with van der Waals surface area (Å²) in [6, 6.07) is 3.92. The van der Waals surface area contributed by atoms with E-state index >= 15 is 0 Å². The summed E-state index contributed by atoms with van der Waals surface area (Å²) >= 11 is 0. The predicted molar refractivity (Wildman–Crippen MR) is 284 cm³/mol. The van der Waals surface area contributed by atoms with Gasteiger partial charge in [0.25, 0.3) is 0 Å². The topological polar surface area (TPSA) is 71.6 Å². The van der Waals surface area contributed by atoms with Gasteiger partial charge in [-0.15, -0.1) is 0 Å². The summed E-state index contributed by atoms with van der Waals surface area (Å²) in [7, 11) is 3.08. The minimum Gasteiger partial charge on any atom is -0.381 e. The fourth-order valence-corrected chi connectivity index (χ4v) is 8.07. The zero-order valence-corrected chi connectivity index (χ0v) is 49.2. The van der Waals surface area contributed by atoms with Crippen LogP contribution in [0, 0.1) is 35.5 Å². The monoisotopic (exact) mass is 918 g/mol. The highest BCUT2D eigenvalue weighted by Gasteiger charge is 2.37. The Kier molecular flexibility index (Phi) is 45.7. The van der Waals surface area contributed by atoms with Crippen molar-refractivity contribution in [2.45, 2.75) is 240 Å². The van der Waals surface area contributed by atoms with E-state index in [4.69, 9.17) is 14.2 Å². The fraction of sp³-hybridized carbons (Fsp3) is 0.963. The smallest absolute Gasteiger partial charge is 0.149 e. The van der Waals surface area contributed by atoms with Crippen LogP contribution in [0.3, 0.4) is 0 Å². The first kappa shape index (κ1) is 71.3. The minimum atomic E-state index is -0.876. The van der Waals surface area contributed by atoms with Crippen LogP contribution in [-0.2, 0) is 23.8 Å². The zero-order chi connectivity index (χ0) is 50.8. The first-order chi connectivity index (χ1) is 28.5. The summed E-state index contributed by atoms with van der Waals surface area (Å²) in [5.74, 6) is 3.84. The van der Waals surface area contributed by atoms with Crippen molar-refractivity contribution in [3.8, 4) is 0 Å². The van der Waals surface area contributed by atoms with Gasteiger partial charge in [0.2, 0.25) is 0 Å². The maximum atomic E-state index is 11.2. The second-order valence-electron chi connectivity index (χ2n) is 23.3. The Hall–Kier alpha value is -0.683. The van der Waals surface area contributed by atoms with Gasteiger partial charge in [0.1, 0.15) is 11.6 Å². The Morgan fingerprint density at radius 1 is 0.540 bits per heavy atom. The van der Waals surface area contributed by atoms with Crippen LogP contribution in [0.2, 0.25) is 24.2 Å². The average molecular weight is 919 g/mol. The number of ether oxygens (including phenoxy) is 3. The summed E-state index contributed by atoms with van der Waals surface area (Å²) in [4.78, 5) is 29.2. The third-order valence-electron chi connectivity index (χ3n) is 11.3. The van der Waals surface area contributed by atoms with E-state index in [1.807, 2.05) is 41.8 Å². The highest BCUT2D eigenvalue weighted by atomic mass is 28.3. The molecule has 9 heteroatoms. The molecule has 1 heterocycles. The van der Waals surface area contributed by atoms with E-state index in [-0.39, 0.29) is 11.8 Å². The standard InChI is InChI=1S/C12H27NSi.2C9H19NO.3C8H18O/c1-11(2)14(6)9-7-13(8-10-14)12(3,4)5;2*1-7(2)9(11)6-10(5)8(3)4;1-7(2)5-9-6-8(3)4;2*1-7(2)5-6-9-8(3)4/h11H,7-10H2,1-6H3;2*7-8H,6H2,1-5H3;3*7-8H,5-6H2,1-4H3. The number of carbonyl (C=O) groups is 2. The van der Waals surface area contributed by atoms with Crippen LogP contribution >= 0.6 is 0 Å². The van der Waals surface area contributed by atoms with Gasteiger partial charge in [-0.2, -0.15) is 0 Å². The normalized spacial score (nSPS) is 14.3. The summed E-state index contributed by atoms with van der Waals surface area (Å²) < 4.78 is 16.1. The Labute approximate surface area is 398 Å². The SMILES string of the molecule is CC(C)C(=O)CN(C)C(C)C.CC(C)C(=O)CN(C)C(C)C.CC(C)CCOC(C)C.CC(C)CCOC(C)C.CC(C)COCC(C)C.CC(C)[Si]1(C)CCN(C(C)(C)C)CC1. The highest BCUT2D eigenvalue weighted by molar-refractivity contribution is 6.80. The molecule has 0 atom stereocenters. The molecule has 0 saturated carbocycles. The second kappa shape index (κ2) is 40.4. The van der Waals surface area contributed by atoms with Gasteiger partial charge in [-0.05, 0) is 152 Å². The molecule has 0 aromatic heterocycles. The number of hydrogen-bond acceptors (Lipinski definition) is 8. The predicted octanol–water partition coefficient (Wildman–Crippen LogP) is 13.9. The number of carbonyl (C=O) groups excluding carboxylic acids is 2. The van der Waals surface area contributed by atoms with Gasteiger partial charge in [-0.3, -0.25) is 24.3 Å². The van der Waals surface area contributed by atoms with Crippen LogP contribution in [0.4, 0.5) is 0 Å². The number of likely N-dealkylation sites (N-methyl/N-ethyl adjacent to an activating group) is 2. The van der Waals surface area contributed by atoms with Crippen LogP contribution in [0.5, 0.6) is 0 Å². The number of Topliss-reactive ketones (excluding diaryl/α,β-unsaturated/α-hetero) is 2. The van der Waals surface area contributed by atoms with E-state index in [9.17, 15) is 9.59 Å².